The summed E-state index contributed by atoms with van der Waals surface area (Å²) < 4.78 is 1.27. The number of hydrogen-bond donors (Lipinski definition) is 2. The minimum atomic E-state index is -0.160. The molecule has 0 bridgehead atoms. The maximum absolute atomic E-state index is 10.8. The van der Waals surface area contributed by atoms with Crippen LogP contribution in [0.5, 0.6) is 5.75 Å². The molecule has 0 aliphatic carbocycles. The van der Waals surface area contributed by atoms with Crippen molar-refractivity contribution in [2.24, 2.45) is 0 Å². The highest BCUT2D eigenvalue weighted by atomic mass is 79.9. The normalized spacial score (nSPS) is 9.77. The van der Waals surface area contributed by atoms with Gasteiger partial charge in [-0.15, -0.1) is 0 Å². The van der Waals surface area contributed by atoms with E-state index in [0.29, 0.717) is 14.6 Å². The minimum Gasteiger partial charge on any atom is -0.508 e. The lowest BCUT2D eigenvalue weighted by molar-refractivity contribution is -0.114. The number of amides is 1. The summed E-state index contributed by atoms with van der Waals surface area (Å²) in [6.07, 6.45) is 0. The molecule has 1 rings (SSSR count). The number of phenols is 1. The first kappa shape index (κ1) is 10.5. The third-order valence-corrected chi connectivity index (χ3v) is 2.58. The number of nitrogens with one attached hydrogen (secondary N) is 1. The van der Waals surface area contributed by atoms with E-state index in [1.165, 1.54) is 19.1 Å². The number of halogens is 2. The number of anilines is 1. The summed E-state index contributed by atoms with van der Waals surface area (Å²) in [6, 6.07) is 3.02. The molecular formula is C8H7Br2NO2. The second kappa shape index (κ2) is 4.11. The summed E-state index contributed by atoms with van der Waals surface area (Å²) in [5, 5.41) is 11.8. The standard InChI is InChI=1S/C8H7Br2NO2/c1-4(12)11-8-6(9)2-5(13)3-7(8)10/h2-3,13H,1H3,(H,11,12). The van der Waals surface area contributed by atoms with Crippen molar-refractivity contribution in [1.82, 2.24) is 0 Å². The van der Waals surface area contributed by atoms with Gasteiger partial charge in [0.2, 0.25) is 5.91 Å². The molecule has 0 saturated heterocycles. The van der Waals surface area contributed by atoms with Gasteiger partial charge < -0.3 is 10.4 Å². The van der Waals surface area contributed by atoms with Gasteiger partial charge in [-0.2, -0.15) is 0 Å². The highest BCUT2D eigenvalue weighted by Crippen LogP contribution is 2.34. The number of carbonyl (C=O) groups excluding carboxylic acids is 1. The van der Waals surface area contributed by atoms with Crippen molar-refractivity contribution < 1.29 is 9.90 Å². The zero-order valence-electron chi connectivity index (χ0n) is 6.77. The molecule has 0 aliphatic heterocycles. The van der Waals surface area contributed by atoms with Crippen LogP contribution in [0.4, 0.5) is 5.69 Å². The largest absolute Gasteiger partial charge is 0.508 e. The number of rotatable bonds is 1. The van der Waals surface area contributed by atoms with E-state index in [2.05, 4.69) is 37.2 Å². The first-order chi connectivity index (χ1) is 6.00. The van der Waals surface area contributed by atoms with Crippen LogP contribution in [0.1, 0.15) is 6.92 Å². The van der Waals surface area contributed by atoms with Crippen LogP contribution in [0, 0.1) is 0 Å². The van der Waals surface area contributed by atoms with Crippen LogP contribution in [-0.2, 0) is 4.79 Å². The average Bonchev–Trinajstić information content (AvgIpc) is 1.96. The van der Waals surface area contributed by atoms with Crippen molar-refractivity contribution in [2.45, 2.75) is 6.92 Å². The van der Waals surface area contributed by atoms with Gasteiger partial charge in [-0.05, 0) is 44.0 Å². The van der Waals surface area contributed by atoms with Crippen LogP contribution in [0.2, 0.25) is 0 Å². The van der Waals surface area contributed by atoms with Crippen molar-refractivity contribution in [3.63, 3.8) is 0 Å². The first-order valence-corrected chi connectivity index (χ1v) is 5.05. The molecule has 1 amide bonds. The molecule has 0 atom stereocenters. The number of carbonyl (C=O) groups is 1. The lowest BCUT2D eigenvalue weighted by Crippen LogP contribution is -2.06. The van der Waals surface area contributed by atoms with E-state index in [-0.39, 0.29) is 11.7 Å². The first-order valence-electron chi connectivity index (χ1n) is 3.46. The second-order valence-electron chi connectivity index (χ2n) is 2.47. The molecular weight excluding hydrogens is 302 g/mol. The molecule has 5 heteroatoms. The number of phenolic OH excluding ortho intramolecular Hbond substituents is 1. The van der Waals surface area contributed by atoms with Gasteiger partial charge in [0.05, 0.1) is 5.69 Å². The number of aromatic hydroxyl groups is 1. The smallest absolute Gasteiger partial charge is 0.221 e. The van der Waals surface area contributed by atoms with Crippen molar-refractivity contribution in [3.8, 4) is 5.75 Å². The van der Waals surface area contributed by atoms with Crippen LogP contribution in [-0.4, -0.2) is 11.0 Å². The van der Waals surface area contributed by atoms with Crippen molar-refractivity contribution in [2.75, 3.05) is 5.32 Å². The molecule has 1 aromatic carbocycles. The third kappa shape index (κ3) is 2.70. The Labute approximate surface area is 92.4 Å². The lowest BCUT2D eigenvalue weighted by atomic mass is 10.3. The molecule has 2 N–H and O–H groups in total. The summed E-state index contributed by atoms with van der Waals surface area (Å²) in [5.74, 6) is -0.0278. The van der Waals surface area contributed by atoms with Crippen molar-refractivity contribution in [1.29, 1.82) is 0 Å². The van der Waals surface area contributed by atoms with E-state index in [0.717, 1.165) is 0 Å². The fraction of sp³-hybridized carbons (Fsp3) is 0.125. The van der Waals surface area contributed by atoms with Crippen molar-refractivity contribution >= 4 is 43.5 Å². The summed E-state index contributed by atoms with van der Waals surface area (Å²) in [7, 11) is 0. The molecule has 0 fully saturated rings. The molecule has 0 unspecified atom stereocenters. The lowest BCUT2D eigenvalue weighted by Gasteiger charge is -2.07. The highest BCUT2D eigenvalue weighted by Gasteiger charge is 2.07. The van der Waals surface area contributed by atoms with Gasteiger partial charge >= 0.3 is 0 Å². The van der Waals surface area contributed by atoms with Gasteiger partial charge in [0.1, 0.15) is 5.75 Å². The minimum absolute atomic E-state index is 0.132. The van der Waals surface area contributed by atoms with Gasteiger partial charge in [-0.25, -0.2) is 0 Å². The SMILES string of the molecule is CC(=O)Nc1c(Br)cc(O)cc1Br. The molecule has 70 valence electrons. The van der Waals surface area contributed by atoms with Crippen LogP contribution >= 0.6 is 31.9 Å². The summed E-state index contributed by atoms with van der Waals surface area (Å²) >= 11 is 6.44. The van der Waals surface area contributed by atoms with E-state index in [1.807, 2.05) is 0 Å². The topological polar surface area (TPSA) is 49.3 Å². The Hall–Kier alpha value is -0.550. The Morgan fingerprint density at radius 2 is 1.85 bits per heavy atom. The molecule has 0 radical (unpaired) electrons. The quantitative estimate of drug-likeness (QED) is 0.784. The fourth-order valence-electron chi connectivity index (χ4n) is 0.855. The predicted molar refractivity (Wildman–Crippen MR) is 57.8 cm³/mol. The molecule has 0 heterocycles. The zero-order chi connectivity index (χ0) is 10.0. The Kier molecular flexibility index (Phi) is 3.33. The molecule has 1 aromatic rings. The average molecular weight is 309 g/mol. The van der Waals surface area contributed by atoms with Gasteiger partial charge in [0.15, 0.2) is 0 Å². The summed E-state index contributed by atoms with van der Waals surface area (Å²) in [4.78, 5) is 10.8. The van der Waals surface area contributed by atoms with Gasteiger partial charge in [-0.1, -0.05) is 0 Å². The third-order valence-electron chi connectivity index (χ3n) is 1.33. The Balaban J connectivity index is 3.13. The molecule has 0 aliphatic rings. The van der Waals surface area contributed by atoms with E-state index in [1.54, 1.807) is 0 Å². The Bertz CT molecular complexity index is 329. The van der Waals surface area contributed by atoms with Crippen LogP contribution < -0.4 is 5.32 Å². The Morgan fingerprint density at radius 1 is 1.38 bits per heavy atom. The molecule has 13 heavy (non-hydrogen) atoms. The highest BCUT2D eigenvalue weighted by molar-refractivity contribution is 9.11. The van der Waals surface area contributed by atoms with E-state index in [9.17, 15) is 9.90 Å². The molecule has 0 aromatic heterocycles. The number of benzene rings is 1. The maximum Gasteiger partial charge on any atom is 0.221 e. The predicted octanol–water partition coefficient (Wildman–Crippen LogP) is 2.88. The van der Waals surface area contributed by atoms with E-state index >= 15 is 0 Å². The second-order valence-corrected chi connectivity index (χ2v) is 4.17. The molecule has 0 spiro atoms. The number of hydrogen-bond acceptors (Lipinski definition) is 2. The molecule has 3 nitrogen and oxygen atoms in total. The Morgan fingerprint density at radius 3 is 2.23 bits per heavy atom. The van der Waals surface area contributed by atoms with E-state index < -0.39 is 0 Å². The van der Waals surface area contributed by atoms with Crippen LogP contribution in [0.15, 0.2) is 21.1 Å². The zero-order valence-corrected chi connectivity index (χ0v) is 9.94. The molecule has 0 saturated carbocycles. The van der Waals surface area contributed by atoms with Crippen LogP contribution in [0.25, 0.3) is 0 Å². The van der Waals surface area contributed by atoms with Gasteiger partial charge in [0.25, 0.3) is 0 Å². The summed E-state index contributed by atoms with van der Waals surface area (Å²) in [5.41, 5.74) is 0.616. The van der Waals surface area contributed by atoms with Crippen molar-refractivity contribution in [3.05, 3.63) is 21.1 Å². The van der Waals surface area contributed by atoms with Gasteiger partial charge in [0, 0.05) is 15.9 Å². The van der Waals surface area contributed by atoms with E-state index in [4.69, 9.17) is 0 Å². The maximum atomic E-state index is 10.8. The summed E-state index contributed by atoms with van der Waals surface area (Å²) in [6.45, 7) is 1.42. The monoisotopic (exact) mass is 307 g/mol. The van der Waals surface area contributed by atoms with Gasteiger partial charge in [-0.3, -0.25) is 4.79 Å². The van der Waals surface area contributed by atoms with Crippen LogP contribution in [0.3, 0.4) is 0 Å². The fourth-order valence-corrected chi connectivity index (χ4v) is 2.22.